The number of anilines is 1. The van der Waals surface area contributed by atoms with E-state index in [0.29, 0.717) is 50.7 Å². The maximum Gasteiger partial charge on any atom is 0.262 e. The van der Waals surface area contributed by atoms with Gasteiger partial charge in [0.1, 0.15) is 11.5 Å². The van der Waals surface area contributed by atoms with E-state index in [0.717, 1.165) is 6.42 Å². The van der Waals surface area contributed by atoms with Crippen molar-refractivity contribution in [3.8, 4) is 11.5 Å². The first kappa shape index (κ1) is 23.9. The molecule has 0 saturated carbocycles. The Balaban J connectivity index is 1.85. The molecule has 9 heteroatoms. The summed E-state index contributed by atoms with van der Waals surface area (Å²) in [5.41, 5.74) is 0.887. The molecule has 1 N–H and O–H groups in total. The standard InChI is InChI=1S/C23H26ClN3O4S/c1-14(2)9-10-27-22(29)17-7-5-15(24)11-18(17)26-23(27)32-13-21(28)25-19-12-16(30-3)6-8-20(19)31-4/h5-8,11-12,14H,9-10,13H2,1-4H3,(H,25,28). The average molecular weight is 476 g/mol. The second kappa shape index (κ2) is 10.7. The topological polar surface area (TPSA) is 82.5 Å². The van der Waals surface area contributed by atoms with E-state index in [1.165, 1.54) is 18.9 Å². The maximum atomic E-state index is 13.1. The number of thioether (sulfide) groups is 1. The van der Waals surface area contributed by atoms with Crippen molar-refractivity contribution >= 4 is 45.9 Å². The molecule has 0 saturated heterocycles. The summed E-state index contributed by atoms with van der Waals surface area (Å²) in [5.74, 6) is 1.36. The quantitative estimate of drug-likeness (QED) is 0.352. The lowest BCUT2D eigenvalue weighted by Crippen LogP contribution is -2.25. The fourth-order valence-electron chi connectivity index (χ4n) is 3.10. The third-order valence-corrected chi connectivity index (χ3v) is 6.04. The Bertz CT molecular complexity index is 1180. The van der Waals surface area contributed by atoms with Crippen molar-refractivity contribution in [1.29, 1.82) is 0 Å². The SMILES string of the molecule is COc1ccc(OC)c(NC(=O)CSc2nc3cc(Cl)ccc3c(=O)n2CCC(C)C)c1. The second-order valence-electron chi connectivity index (χ2n) is 7.60. The number of carbonyl (C=O) groups is 1. The van der Waals surface area contributed by atoms with Crippen LogP contribution >= 0.6 is 23.4 Å². The number of rotatable bonds is 9. The van der Waals surface area contributed by atoms with E-state index in [1.807, 2.05) is 0 Å². The molecule has 0 atom stereocenters. The molecule has 1 heterocycles. The number of benzene rings is 2. The predicted molar refractivity (Wildman–Crippen MR) is 129 cm³/mol. The summed E-state index contributed by atoms with van der Waals surface area (Å²) < 4.78 is 12.2. The van der Waals surface area contributed by atoms with Gasteiger partial charge in [-0.2, -0.15) is 0 Å². The van der Waals surface area contributed by atoms with Crippen molar-refractivity contribution in [3.63, 3.8) is 0 Å². The summed E-state index contributed by atoms with van der Waals surface area (Å²) in [7, 11) is 3.08. The minimum atomic E-state index is -0.252. The lowest BCUT2D eigenvalue weighted by Gasteiger charge is -2.15. The molecule has 0 aliphatic carbocycles. The minimum Gasteiger partial charge on any atom is -0.497 e. The highest BCUT2D eigenvalue weighted by Crippen LogP contribution is 2.29. The highest BCUT2D eigenvalue weighted by Gasteiger charge is 2.15. The first-order valence-corrected chi connectivity index (χ1v) is 11.5. The fraction of sp³-hybridized carbons (Fsp3) is 0.348. The Labute approximate surface area is 196 Å². The van der Waals surface area contributed by atoms with Gasteiger partial charge in [0.25, 0.3) is 5.56 Å². The molecule has 0 aliphatic rings. The molecule has 0 radical (unpaired) electrons. The molecular formula is C23H26ClN3O4S. The Kier molecular flexibility index (Phi) is 8.04. The second-order valence-corrected chi connectivity index (χ2v) is 8.98. The van der Waals surface area contributed by atoms with Crippen LogP contribution in [0, 0.1) is 5.92 Å². The van der Waals surface area contributed by atoms with E-state index in [2.05, 4.69) is 24.1 Å². The van der Waals surface area contributed by atoms with Crippen LogP contribution in [0.3, 0.4) is 0 Å². The van der Waals surface area contributed by atoms with Gasteiger partial charge >= 0.3 is 0 Å². The van der Waals surface area contributed by atoms with Gasteiger partial charge in [0.2, 0.25) is 5.91 Å². The third-order valence-electron chi connectivity index (χ3n) is 4.83. The smallest absolute Gasteiger partial charge is 0.262 e. The fourth-order valence-corrected chi connectivity index (χ4v) is 4.09. The summed E-state index contributed by atoms with van der Waals surface area (Å²) in [6.07, 6.45) is 0.821. The number of methoxy groups -OCH3 is 2. The van der Waals surface area contributed by atoms with Crippen LogP contribution in [0.25, 0.3) is 10.9 Å². The number of halogens is 1. The molecule has 170 valence electrons. The van der Waals surface area contributed by atoms with Gasteiger partial charge in [-0.1, -0.05) is 37.2 Å². The van der Waals surface area contributed by atoms with Crippen LogP contribution in [0.4, 0.5) is 5.69 Å². The van der Waals surface area contributed by atoms with E-state index in [9.17, 15) is 9.59 Å². The van der Waals surface area contributed by atoms with Gasteiger partial charge in [-0.25, -0.2) is 4.98 Å². The van der Waals surface area contributed by atoms with Gasteiger partial charge in [0.05, 0.1) is 36.6 Å². The zero-order valence-electron chi connectivity index (χ0n) is 18.5. The van der Waals surface area contributed by atoms with Gasteiger partial charge in [0, 0.05) is 17.6 Å². The lowest BCUT2D eigenvalue weighted by atomic mass is 10.1. The van der Waals surface area contributed by atoms with E-state index in [1.54, 1.807) is 48.1 Å². The lowest BCUT2D eigenvalue weighted by molar-refractivity contribution is -0.113. The van der Waals surface area contributed by atoms with E-state index in [-0.39, 0.29) is 17.2 Å². The van der Waals surface area contributed by atoms with Crippen molar-refractivity contribution in [2.24, 2.45) is 5.92 Å². The van der Waals surface area contributed by atoms with Crippen molar-refractivity contribution in [2.45, 2.75) is 32.0 Å². The number of ether oxygens (including phenoxy) is 2. The molecule has 0 spiro atoms. The molecule has 3 rings (SSSR count). The van der Waals surface area contributed by atoms with Crippen molar-refractivity contribution < 1.29 is 14.3 Å². The summed E-state index contributed by atoms with van der Waals surface area (Å²) in [5, 5.41) is 4.33. The van der Waals surface area contributed by atoms with E-state index in [4.69, 9.17) is 21.1 Å². The molecule has 7 nitrogen and oxygen atoms in total. The number of amides is 1. The molecule has 3 aromatic rings. The maximum absolute atomic E-state index is 13.1. The first-order valence-electron chi connectivity index (χ1n) is 10.2. The number of nitrogens with zero attached hydrogens (tertiary/aromatic N) is 2. The Morgan fingerprint density at radius 2 is 1.97 bits per heavy atom. The van der Waals surface area contributed by atoms with Crippen LogP contribution in [0.5, 0.6) is 11.5 Å². The largest absolute Gasteiger partial charge is 0.497 e. The minimum absolute atomic E-state index is 0.0700. The van der Waals surface area contributed by atoms with Crippen molar-refractivity contribution in [3.05, 3.63) is 51.8 Å². The number of fused-ring (bicyclic) bond motifs is 1. The number of nitrogens with one attached hydrogen (secondary N) is 1. The Morgan fingerprint density at radius 1 is 1.19 bits per heavy atom. The van der Waals surface area contributed by atoms with Crippen LogP contribution in [0.2, 0.25) is 5.02 Å². The number of hydrogen-bond acceptors (Lipinski definition) is 6. The normalized spacial score (nSPS) is 11.1. The first-order chi connectivity index (χ1) is 15.3. The molecule has 0 aliphatic heterocycles. The van der Waals surface area contributed by atoms with Gasteiger partial charge in [0.15, 0.2) is 5.16 Å². The number of hydrogen-bond donors (Lipinski definition) is 1. The average Bonchev–Trinajstić information content (AvgIpc) is 2.76. The summed E-state index contributed by atoms with van der Waals surface area (Å²) >= 11 is 7.30. The van der Waals surface area contributed by atoms with Gasteiger partial charge in [-0.05, 0) is 42.7 Å². The number of carbonyl (C=O) groups excluding carboxylic acids is 1. The Morgan fingerprint density at radius 3 is 2.66 bits per heavy atom. The Hall–Kier alpha value is -2.71. The van der Waals surface area contributed by atoms with Crippen LogP contribution in [-0.2, 0) is 11.3 Å². The predicted octanol–water partition coefficient (Wildman–Crippen LogP) is 4.84. The summed E-state index contributed by atoms with van der Waals surface area (Å²) in [6.45, 7) is 4.72. The highest BCUT2D eigenvalue weighted by molar-refractivity contribution is 7.99. The highest BCUT2D eigenvalue weighted by atomic mass is 35.5. The molecule has 1 amide bonds. The third kappa shape index (κ3) is 5.75. The van der Waals surface area contributed by atoms with Crippen molar-refractivity contribution in [1.82, 2.24) is 9.55 Å². The molecule has 1 aromatic heterocycles. The zero-order valence-corrected chi connectivity index (χ0v) is 20.0. The number of aromatic nitrogens is 2. The van der Waals surface area contributed by atoms with Crippen molar-refractivity contribution in [2.75, 3.05) is 25.3 Å². The van der Waals surface area contributed by atoms with Gasteiger partial charge < -0.3 is 14.8 Å². The summed E-state index contributed by atoms with van der Waals surface area (Å²) in [4.78, 5) is 30.4. The zero-order chi connectivity index (χ0) is 23.3. The van der Waals surface area contributed by atoms with Gasteiger partial charge in [-0.3, -0.25) is 14.2 Å². The molecule has 0 fully saturated rings. The van der Waals surface area contributed by atoms with Crippen LogP contribution in [-0.4, -0.2) is 35.4 Å². The van der Waals surface area contributed by atoms with Gasteiger partial charge in [-0.15, -0.1) is 0 Å². The van der Waals surface area contributed by atoms with E-state index < -0.39 is 0 Å². The monoisotopic (exact) mass is 475 g/mol. The van der Waals surface area contributed by atoms with E-state index >= 15 is 0 Å². The molecule has 0 bridgehead atoms. The van der Waals surface area contributed by atoms with Crippen LogP contribution in [0.1, 0.15) is 20.3 Å². The summed E-state index contributed by atoms with van der Waals surface area (Å²) in [6, 6.07) is 10.2. The molecule has 0 unspecified atom stereocenters. The molecular weight excluding hydrogens is 450 g/mol. The van der Waals surface area contributed by atoms with Crippen LogP contribution in [0.15, 0.2) is 46.3 Å². The molecule has 2 aromatic carbocycles. The van der Waals surface area contributed by atoms with Crippen LogP contribution < -0.4 is 20.3 Å². The molecule has 32 heavy (non-hydrogen) atoms.